The molecular formula is C13H24N2O2. The number of nitrogens with two attached hydrogens (primary N) is 1. The van der Waals surface area contributed by atoms with Gasteiger partial charge in [0, 0.05) is 12.6 Å². The van der Waals surface area contributed by atoms with Crippen molar-refractivity contribution in [3.05, 3.63) is 0 Å². The average Bonchev–Trinajstić information content (AvgIpc) is 2.29. The van der Waals surface area contributed by atoms with Gasteiger partial charge in [-0.15, -0.1) is 0 Å². The quantitative estimate of drug-likeness (QED) is 0.766. The summed E-state index contributed by atoms with van der Waals surface area (Å²) in [6.45, 7) is 4.51. The molecule has 1 saturated heterocycles. The molecule has 4 nitrogen and oxygen atoms in total. The van der Waals surface area contributed by atoms with Crippen molar-refractivity contribution in [3.8, 4) is 0 Å². The Morgan fingerprint density at radius 1 is 1.41 bits per heavy atom. The maximum atomic E-state index is 11.2. The number of hydrogen-bond donors (Lipinski definition) is 2. The summed E-state index contributed by atoms with van der Waals surface area (Å²) in [6.07, 6.45) is 5.84. The lowest BCUT2D eigenvalue weighted by Crippen LogP contribution is -2.56. The predicted octanol–water partition coefficient (Wildman–Crippen LogP) is 1.44. The normalized spacial score (nSPS) is 40.1. The van der Waals surface area contributed by atoms with Crippen LogP contribution in [0.4, 0.5) is 0 Å². The Kier molecular flexibility index (Phi) is 3.73. The average molecular weight is 240 g/mol. The number of likely N-dealkylation sites (tertiary alicyclic amines) is 1. The molecule has 3 atom stereocenters. The van der Waals surface area contributed by atoms with Gasteiger partial charge < -0.3 is 15.7 Å². The smallest absolute Gasteiger partial charge is 0.323 e. The molecule has 0 aromatic carbocycles. The first-order chi connectivity index (χ1) is 8.01. The van der Waals surface area contributed by atoms with Gasteiger partial charge in [-0.1, -0.05) is 6.92 Å². The topological polar surface area (TPSA) is 66.6 Å². The van der Waals surface area contributed by atoms with E-state index in [0.717, 1.165) is 31.8 Å². The Balaban J connectivity index is 1.99. The highest BCUT2D eigenvalue weighted by Gasteiger charge is 2.41. The first-order valence-electron chi connectivity index (χ1n) is 6.77. The SMILES string of the molecule is CC1CCCN(C2CCCC(N)(C(=O)O)C2)C1. The summed E-state index contributed by atoms with van der Waals surface area (Å²) in [5.74, 6) is -0.0880. The van der Waals surface area contributed by atoms with Crippen LogP contribution < -0.4 is 5.73 Å². The van der Waals surface area contributed by atoms with Gasteiger partial charge in [0.1, 0.15) is 5.54 Å². The van der Waals surface area contributed by atoms with Crippen LogP contribution in [0.25, 0.3) is 0 Å². The molecule has 1 aliphatic carbocycles. The van der Waals surface area contributed by atoms with E-state index in [2.05, 4.69) is 11.8 Å². The van der Waals surface area contributed by atoms with Crippen LogP contribution in [0.15, 0.2) is 0 Å². The molecule has 0 radical (unpaired) electrons. The van der Waals surface area contributed by atoms with Crippen molar-refractivity contribution >= 4 is 5.97 Å². The molecule has 4 heteroatoms. The Labute approximate surface area is 103 Å². The number of carboxylic acids is 1. The van der Waals surface area contributed by atoms with Gasteiger partial charge in [0.25, 0.3) is 0 Å². The number of piperidine rings is 1. The Morgan fingerprint density at radius 3 is 2.82 bits per heavy atom. The van der Waals surface area contributed by atoms with Crippen LogP contribution >= 0.6 is 0 Å². The van der Waals surface area contributed by atoms with E-state index in [1.54, 1.807) is 0 Å². The highest BCUT2D eigenvalue weighted by Crippen LogP contribution is 2.31. The van der Waals surface area contributed by atoms with Gasteiger partial charge in [0.2, 0.25) is 0 Å². The first kappa shape index (κ1) is 12.8. The van der Waals surface area contributed by atoms with Crippen LogP contribution in [-0.4, -0.2) is 40.6 Å². The van der Waals surface area contributed by atoms with Gasteiger partial charge in [0.15, 0.2) is 0 Å². The summed E-state index contributed by atoms with van der Waals surface area (Å²) in [5.41, 5.74) is 5.02. The molecule has 2 fully saturated rings. The van der Waals surface area contributed by atoms with Crippen LogP contribution in [0.3, 0.4) is 0 Å². The van der Waals surface area contributed by atoms with Crippen LogP contribution in [0, 0.1) is 5.92 Å². The molecule has 0 spiro atoms. The number of rotatable bonds is 2. The van der Waals surface area contributed by atoms with E-state index in [0.29, 0.717) is 18.9 Å². The van der Waals surface area contributed by atoms with Crippen molar-refractivity contribution in [3.63, 3.8) is 0 Å². The third-order valence-electron chi connectivity index (χ3n) is 4.39. The lowest BCUT2D eigenvalue weighted by Gasteiger charge is -2.43. The minimum atomic E-state index is -0.983. The molecule has 0 aromatic heterocycles. The number of carbonyl (C=O) groups is 1. The van der Waals surface area contributed by atoms with E-state index < -0.39 is 11.5 Å². The maximum absolute atomic E-state index is 11.2. The molecule has 0 amide bonds. The first-order valence-corrected chi connectivity index (χ1v) is 6.77. The summed E-state index contributed by atoms with van der Waals surface area (Å²) in [4.78, 5) is 13.7. The second kappa shape index (κ2) is 4.94. The van der Waals surface area contributed by atoms with E-state index in [4.69, 9.17) is 5.73 Å². The Morgan fingerprint density at radius 2 is 2.18 bits per heavy atom. The minimum Gasteiger partial charge on any atom is -0.480 e. The molecule has 1 heterocycles. The molecule has 1 saturated carbocycles. The molecule has 0 bridgehead atoms. The summed E-state index contributed by atoms with van der Waals surface area (Å²) in [5, 5.41) is 9.22. The molecule has 2 aliphatic rings. The molecule has 17 heavy (non-hydrogen) atoms. The monoisotopic (exact) mass is 240 g/mol. The highest BCUT2D eigenvalue weighted by atomic mass is 16.4. The van der Waals surface area contributed by atoms with Crippen LogP contribution in [0.2, 0.25) is 0 Å². The van der Waals surface area contributed by atoms with Crippen molar-refractivity contribution in [2.75, 3.05) is 13.1 Å². The van der Waals surface area contributed by atoms with Crippen molar-refractivity contribution in [1.29, 1.82) is 0 Å². The zero-order valence-electron chi connectivity index (χ0n) is 10.7. The second-order valence-electron chi connectivity index (χ2n) is 5.95. The number of nitrogens with zero attached hydrogens (tertiary/aromatic N) is 1. The second-order valence-corrected chi connectivity index (χ2v) is 5.95. The lowest BCUT2D eigenvalue weighted by atomic mass is 9.78. The third kappa shape index (κ3) is 2.80. The fraction of sp³-hybridized carbons (Fsp3) is 0.923. The van der Waals surface area contributed by atoms with Gasteiger partial charge in [0.05, 0.1) is 0 Å². The summed E-state index contributed by atoms with van der Waals surface area (Å²) < 4.78 is 0. The lowest BCUT2D eigenvalue weighted by molar-refractivity contribution is -0.145. The van der Waals surface area contributed by atoms with Gasteiger partial charge in [-0.2, -0.15) is 0 Å². The van der Waals surface area contributed by atoms with Crippen LogP contribution in [0.1, 0.15) is 45.4 Å². The van der Waals surface area contributed by atoms with E-state index >= 15 is 0 Å². The van der Waals surface area contributed by atoms with Crippen LogP contribution in [-0.2, 0) is 4.79 Å². The summed E-state index contributed by atoms with van der Waals surface area (Å²) in [6, 6.07) is 0.382. The van der Waals surface area contributed by atoms with Gasteiger partial charge in [-0.05, 0) is 51.0 Å². The van der Waals surface area contributed by atoms with Crippen molar-refractivity contribution in [1.82, 2.24) is 4.90 Å². The molecule has 98 valence electrons. The highest BCUT2D eigenvalue weighted by molar-refractivity contribution is 5.78. The fourth-order valence-corrected chi connectivity index (χ4v) is 3.34. The summed E-state index contributed by atoms with van der Waals surface area (Å²) >= 11 is 0. The minimum absolute atomic E-state index is 0.382. The summed E-state index contributed by atoms with van der Waals surface area (Å²) in [7, 11) is 0. The Hall–Kier alpha value is -0.610. The molecule has 1 aliphatic heterocycles. The molecule has 3 N–H and O–H groups in total. The van der Waals surface area contributed by atoms with Crippen molar-refractivity contribution < 1.29 is 9.90 Å². The van der Waals surface area contributed by atoms with E-state index in [-0.39, 0.29) is 0 Å². The maximum Gasteiger partial charge on any atom is 0.323 e. The number of aliphatic carboxylic acids is 1. The van der Waals surface area contributed by atoms with Gasteiger partial charge >= 0.3 is 5.97 Å². The molecular weight excluding hydrogens is 216 g/mol. The van der Waals surface area contributed by atoms with Gasteiger partial charge in [-0.3, -0.25) is 4.79 Å². The number of carboxylic acid groups (broad SMARTS) is 1. The van der Waals surface area contributed by atoms with E-state index in [1.165, 1.54) is 12.8 Å². The molecule has 0 aromatic rings. The number of hydrogen-bond acceptors (Lipinski definition) is 3. The zero-order chi connectivity index (χ0) is 12.5. The van der Waals surface area contributed by atoms with E-state index in [1.807, 2.05) is 0 Å². The van der Waals surface area contributed by atoms with Crippen molar-refractivity contribution in [2.24, 2.45) is 11.7 Å². The van der Waals surface area contributed by atoms with Crippen LogP contribution in [0.5, 0.6) is 0 Å². The standard InChI is InChI=1S/C13H24N2O2/c1-10-4-3-7-15(9-10)11-5-2-6-13(14,8-11)12(16)17/h10-11H,2-9,14H2,1H3,(H,16,17). The van der Waals surface area contributed by atoms with E-state index in [9.17, 15) is 9.90 Å². The Bertz CT molecular complexity index is 295. The zero-order valence-corrected chi connectivity index (χ0v) is 10.7. The molecule has 2 rings (SSSR count). The van der Waals surface area contributed by atoms with Gasteiger partial charge in [-0.25, -0.2) is 0 Å². The predicted molar refractivity (Wildman–Crippen MR) is 66.8 cm³/mol. The van der Waals surface area contributed by atoms with Crippen molar-refractivity contribution in [2.45, 2.75) is 57.0 Å². The largest absolute Gasteiger partial charge is 0.480 e. The molecule has 3 unspecified atom stereocenters. The third-order valence-corrected chi connectivity index (χ3v) is 4.39. The fourth-order valence-electron chi connectivity index (χ4n) is 3.34.